The molecule has 0 radical (unpaired) electrons. The van der Waals surface area contributed by atoms with Gasteiger partial charge < -0.3 is 19.4 Å². The highest BCUT2D eigenvalue weighted by atomic mass is 16.5. The number of nitrogens with zero attached hydrogens (tertiary/aromatic N) is 3. The number of carbonyl (C=O) groups excluding carboxylic acids is 1. The first-order chi connectivity index (χ1) is 10.7. The molecule has 0 spiro atoms. The number of furan rings is 1. The van der Waals surface area contributed by atoms with Gasteiger partial charge in [-0.15, -0.1) is 0 Å². The number of amides is 1. The van der Waals surface area contributed by atoms with Crippen molar-refractivity contribution in [2.45, 2.75) is 0 Å². The minimum Gasteiger partial charge on any atom is -0.459 e. The SMILES string of the molecule is Cn1ncc(NC(=O)c2ccco2)c(N2CCOCC2)c1=O. The van der Waals surface area contributed by atoms with Gasteiger partial charge in [-0.3, -0.25) is 9.59 Å². The van der Waals surface area contributed by atoms with Gasteiger partial charge in [0.25, 0.3) is 11.5 Å². The molecule has 0 unspecified atom stereocenters. The van der Waals surface area contributed by atoms with E-state index in [4.69, 9.17) is 9.15 Å². The molecule has 2 aromatic heterocycles. The van der Waals surface area contributed by atoms with Crippen LogP contribution in [-0.2, 0) is 11.8 Å². The highest BCUT2D eigenvalue weighted by Crippen LogP contribution is 2.22. The Hall–Kier alpha value is -2.61. The molecule has 2 aromatic rings. The smallest absolute Gasteiger partial charge is 0.292 e. The number of hydrogen-bond donors (Lipinski definition) is 1. The van der Waals surface area contributed by atoms with Crippen molar-refractivity contribution in [3.63, 3.8) is 0 Å². The largest absolute Gasteiger partial charge is 0.459 e. The van der Waals surface area contributed by atoms with E-state index in [-0.39, 0.29) is 11.3 Å². The molecule has 1 aliphatic rings. The maximum absolute atomic E-state index is 12.4. The van der Waals surface area contributed by atoms with Gasteiger partial charge in [0, 0.05) is 20.1 Å². The second-order valence-corrected chi connectivity index (χ2v) is 4.87. The lowest BCUT2D eigenvalue weighted by molar-refractivity contribution is 0.0996. The van der Waals surface area contributed by atoms with Crippen LogP contribution < -0.4 is 15.8 Å². The molecular formula is C14H16N4O4. The first-order valence-corrected chi connectivity index (χ1v) is 6.90. The molecule has 1 N–H and O–H groups in total. The summed E-state index contributed by atoms with van der Waals surface area (Å²) in [6.45, 7) is 2.25. The average molecular weight is 304 g/mol. The zero-order valence-electron chi connectivity index (χ0n) is 12.1. The van der Waals surface area contributed by atoms with Gasteiger partial charge >= 0.3 is 0 Å². The summed E-state index contributed by atoms with van der Waals surface area (Å²) in [5.41, 5.74) is 0.520. The van der Waals surface area contributed by atoms with E-state index in [9.17, 15) is 9.59 Å². The fraction of sp³-hybridized carbons (Fsp3) is 0.357. The molecule has 116 valence electrons. The van der Waals surface area contributed by atoms with Crippen molar-refractivity contribution >= 4 is 17.3 Å². The lowest BCUT2D eigenvalue weighted by atomic mass is 10.3. The van der Waals surface area contributed by atoms with Crippen LogP contribution in [0.25, 0.3) is 0 Å². The summed E-state index contributed by atoms with van der Waals surface area (Å²) < 4.78 is 11.6. The molecule has 1 amide bonds. The first-order valence-electron chi connectivity index (χ1n) is 6.90. The highest BCUT2D eigenvalue weighted by molar-refractivity contribution is 6.03. The van der Waals surface area contributed by atoms with Gasteiger partial charge in [0.1, 0.15) is 5.69 Å². The average Bonchev–Trinajstić information content (AvgIpc) is 3.06. The molecular weight excluding hydrogens is 288 g/mol. The maximum Gasteiger partial charge on any atom is 0.292 e. The Labute approximate surface area is 126 Å². The van der Waals surface area contributed by atoms with Gasteiger partial charge in [-0.1, -0.05) is 0 Å². The molecule has 0 saturated carbocycles. The van der Waals surface area contributed by atoms with Crippen molar-refractivity contribution < 1.29 is 13.9 Å². The zero-order chi connectivity index (χ0) is 15.5. The number of aryl methyl sites for hydroxylation is 1. The minimum absolute atomic E-state index is 0.175. The van der Waals surface area contributed by atoms with Crippen molar-refractivity contribution in [2.75, 3.05) is 36.5 Å². The van der Waals surface area contributed by atoms with Gasteiger partial charge in [-0.25, -0.2) is 4.68 Å². The second kappa shape index (κ2) is 6.02. The number of hydrogen-bond acceptors (Lipinski definition) is 6. The fourth-order valence-electron chi connectivity index (χ4n) is 2.30. The quantitative estimate of drug-likeness (QED) is 0.886. The predicted octanol–water partition coefficient (Wildman–Crippen LogP) is 0.462. The lowest BCUT2D eigenvalue weighted by Crippen LogP contribution is -2.41. The van der Waals surface area contributed by atoms with Crippen LogP contribution in [0.3, 0.4) is 0 Å². The van der Waals surface area contributed by atoms with E-state index in [0.29, 0.717) is 37.7 Å². The molecule has 0 bridgehead atoms. The number of aromatic nitrogens is 2. The summed E-state index contributed by atoms with van der Waals surface area (Å²) in [5, 5.41) is 6.66. The summed E-state index contributed by atoms with van der Waals surface area (Å²) in [7, 11) is 1.57. The van der Waals surface area contributed by atoms with Crippen molar-refractivity contribution in [1.29, 1.82) is 0 Å². The van der Waals surface area contributed by atoms with Crippen LogP contribution in [0.4, 0.5) is 11.4 Å². The maximum atomic E-state index is 12.4. The lowest BCUT2D eigenvalue weighted by Gasteiger charge is -2.29. The number of ether oxygens (including phenoxy) is 1. The monoisotopic (exact) mass is 304 g/mol. The number of rotatable bonds is 3. The van der Waals surface area contributed by atoms with Crippen LogP contribution in [0.1, 0.15) is 10.6 Å². The van der Waals surface area contributed by atoms with Gasteiger partial charge in [-0.05, 0) is 12.1 Å². The molecule has 0 aromatic carbocycles. The Balaban J connectivity index is 1.94. The molecule has 22 heavy (non-hydrogen) atoms. The molecule has 0 aliphatic carbocycles. The van der Waals surface area contributed by atoms with Crippen LogP contribution in [-0.4, -0.2) is 42.0 Å². The second-order valence-electron chi connectivity index (χ2n) is 4.87. The third kappa shape index (κ3) is 2.73. The van der Waals surface area contributed by atoms with Gasteiger partial charge in [-0.2, -0.15) is 5.10 Å². The van der Waals surface area contributed by atoms with Crippen LogP contribution in [0.15, 0.2) is 33.8 Å². The predicted molar refractivity (Wildman–Crippen MR) is 79.2 cm³/mol. The standard InChI is InChI=1S/C14H16N4O4/c1-17-14(20)12(18-4-7-21-8-5-18)10(9-15-17)16-13(19)11-3-2-6-22-11/h2-3,6,9H,4-5,7-8H2,1H3,(H,16,19). The van der Waals surface area contributed by atoms with E-state index in [0.717, 1.165) is 0 Å². The van der Waals surface area contributed by atoms with E-state index in [1.54, 1.807) is 19.2 Å². The molecule has 1 aliphatic heterocycles. The Morgan fingerprint density at radius 1 is 1.36 bits per heavy atom. The van der Waals surface area contributed by atoms with Crippen LogP contribution in [0, 0.1) is 0 Å². The zero-order valence-corrected chi connectivity index (χ0v) is 12.1. The minimum atomic E-state index is -0.422. The van der Waals surface area contributed by atoms with Crippen LogP contribution in [0.5, 0.6) is 0 Å². The Kier molecular flexibility index (Phi) is 3.92. The highest BCUT2D eigenvalue weighted by Gasteiger charge is 2.21. The number of anilines is 2. The third-order valence-electron chi connectivity index (χ3n) is 3.43. The van der Waals surface area contributed by atoms with Gasteiger partial charge in [0.05, 0.1) is 31.4 Å². The van der Waals surface area contributed by atoms with Gasteiger partial charge in [0.15, 0.2) is 5.76 Å². The molecule has 8 heteroatoms. The van der Waals surface area contributed by atoms with Crippen LogP contribution >= 0.6 is 0 Å². The topological polar surface area (TPSA) is 89.6 Å². The first kappa shape index (κ1) is 14.3. The summed E-state index contributed by atoms with van der Waals surface area (Å²) in [4.78, 5) is 26.4. The summed E-state index contributed by atoms with van der Waals surface area (Å²) in [5.74, 6) is -0.247. The normalized spacial score (nSPS) is 14.9. The van der Waals surface area contributed by atoms with E-state index in [1.807, 2.05) is 4.90 Å². The molecule has 8 nitrogen and oxygen atoms in total. The summed E-state index contributed by atoms with van der Waals surface area (Å²) in [6.07, 6.45) is 2.88. The van der Waals surface area contributed by atoms with E-state index in [1.165, 1.54) is 17.1 Å². The fourth-order valence-corrected chi connectivity index (χ4v) is 2.30. The van der Waals surface area contributed by atoms with Crippen molar-refractivity contribution in [1.82, 2.24) is 9.78 Å². The van der Waals surface area contributed by atoms with Crippen molar-refractivity contribution in [3.8, 4) is 0 Å². The van der Waals surface area contributed by atoms with Crippen LogP contribution in [0.2, 0.25) is 0 Å². The van der Waals surface area contributed by atoms with E-state index in [2.05, 4.69) is 10.4 Å². The molecule has 3 rings (SSSR count). The van der Waals surface area contributed by atoms with Gasteiger partial charge in [0.2, 0.25) is 0 Å². The summed E-state index contributed by atoms with van der Waals surface area (Å²) in [6, 6.07) is 3.18. The Bertz CT molecular complexity index is 717. The third-order valence-corrected chi connectivity index (χ3v) is 3.43. The molecule has 1 fully saturated rings. The molecule has 1 saturated heterocycles. The number of carbonyl (C=O) groups is 1. The van der Waals surface area contributed by atoms with E-state index < -0.39 is 5.91 Å². The van der Waals surface area contributed by atoms with E-state index >= 15 is 0 Å². The Morgan fingerprint density at radius 3 is 2.82 bits per heavy atom. The molecule has 3 heterocycles. The van der Waals surface area contributed by atoms with Crippen molar-refractivity contribution in [3.05, 3.63) is 40.7 Å². The molecule has 0 atom stereocenters. The summed E-state index contributed by atoms with van der Waals surface area (Å²) >= 11 is 0. The Morgan fingerprint density at radius 2 is 2.14 bits per heavy atom. The number of nitrogens with one attached hydrogen (secondary N) is 1. The number of morpholine rings is 1. The van der Waals surface area contributed by atoms with Crippen molar-refractivity contribution in [2.24, 2.45) is 7.05 Å².